The second-order valence-electron chi connectivity index (χ2n) is 4.09. The average molecular weight is 287 g/mol. The molecule has 18 heavy (non-hydrogen) atoms. The van der Waals surface area contributed by atoms with E-state index >= 15 is 0 Å². The first kappa shape index (κ1) is 14.9. The molecule has 0 saturated carbocycles. The molecular weight excluding hydrogens is 272 g/mol. The zero-order chi connectivity index (χ0) is 13.7. The molecule has 0 bridgehead atoms. The van der Waals surface area contributed by atoms with Crippen LogP contribution in [0.2, 0.25) is 5.02 Å². The van der Waals surface area contributed by atoms with Crippen LogP contribution in [0.4, 0.5) is 4.79 Å². The molecule has 0 aliphatic heterocycles. The number of benzene rings is 1. The van der Waals surface area contributed by atoms with Gasteiger partial charge in [-0.3, -0.25) is 10.1 Å². The molecule has 0 radical (unpaired) electrons. The minimum atomic E-state index is -0.831. The maximum Gasteiger partial charge on any atom is 0.318 e. The van der Waals surface area contributed by atoms with Crippen LogP contribution >= 0.6 is 23.4 Å². The number of nitrogens with one attached hydrogen (secondary N) is 1. The van der Waals surface area contributed by atoms with Crippen LogP contribution < -0.4 is 11.1 Å². The van der Waals surface area contributed by atoms with Crippen molar-refractivity contribution < 1.29 is 9.59 Å². The van der Waals surface area contributed by atoms with E-state index in [1.165, 1.54) is 11.8 Å². The Bertz CT molecular complexity index is 434. The van der Waals surface area contributed by atoms with Gasteiger partial charge in [-0.25, -0.2) is 4.79 Å². The van der Waals surface area contributed by atoms with E-state index in [1.54, 1.807) is 12.1 Å². The SMILES string of the molecule is CC(C)C(Sc1ccc(Cl)cc1)C(=O)NC(N)=O. The van der Waals surface area contributed by atoms with Crippen molar-refractivity contribution >= 4 is 35.3 Å². The molecule has 6 heteroatoms. The Morgan fingerprint density at radius 3 is 2.28 bits per heavy atom. The van der Waals surface area contributed by atoms with Gasteiger partial charge in [-0.1, -0.05) is 25.4 Å². The van der Waals surface area contributed by atoms with Crippen LogP contribution in [0, 0.1) is 5.92 Å². The number of primary amides is 1. The summed E-state index contributed by atoms with van der Waals surface area (Å²) in [6, 6.07) is 6.35. The number of urea groups is 1. The number of halogens is 1. The molecule has 1 rings (SSSR count). The number of hydrogen-bond acceptors (Lipinski definition) is 3. The summed E-state index contributed by atoms with van der Waals surface area (Å²) < 4.78 is 0. The monoisotopic (exact) mass is 286 g/mol. The molecule has 0 saturated heterocycles. The van der Waals surface area contributed by atoms with E-state index in [1.807, 2.05) is 26.0 Å². The number of carbonyl (C=O) groups is 2. The number of carbonyl (C=O) groups excluding carboxylic acids is 2. The average Bonchev–Trinajstić information content (AvgIpc) is 2.26. The lowest BCUT2D eigenvalue weighted by Crippen LogP contribution is -2.42. The van der Waals surface area contributed by atoms with Gasteiger partial charge in [0.1, 0.15) is 0 Å². The molecule has 3 amide bonds. The van der Waals surface area contributed by atoms with E-state index in [2.05, 4.69) is 5.32 Å². The third kappa shape index (κ3) is 4.58. The van der Waals surface area contributed by atoms with E-state index < -0.39 is 6.03 Å². The quantitative estimate of drug-likeness (QED) is 0.836. The summed E-state index contributed by atoms with van der Waals surface area (Å²) in [4.78, 5) is 23.4. The summed E-state index contributed by atoms with van der Waals surface area (Å²) in [6.07, 6.45) is 0. The van der Waals surface area contributed by atoms with Crippen LogP contribution in [0.1, 0.15) is 13.8 Å². The predicted octanol–water partition coefficient (Wildman–Crippen LogP) is 2.65. The first-order valence-electron chi connectivity index (χ1n) is 5.42. The summed E-state index contributed by atoms with van der Waals surface area (Å²) >= 11 is 7.17. The summed E-state index contributed by atoms with van der Waals surface area (Å²) in [5, 5.41) is 2.37. The highest BCUT2D eigenvalue weighted by Gasteiger charge is 2.24. The Morgan fingerprint density at radius 1 is 1.28 bits per heavy atom. The van der Waals surface area contributed by atoms with Gasteiger partial charge in [0.2, 0.25) is 5.91 Å². The van der Waals surface area contributed by atoms with Crippen molar-refractivity contribution in [2.75, 3.05) is 0 Å². The van der Waals surface area contributed by atoms with E-state index in [9.17, 15) is 9.59 Å². The van der Waals surface area contributed by atoms with Crippen molar-refractivity contribution in [1.82, 2.24) is 5.32 Å². The molecule has 1 unspecified atom stereocenters. The molecule has 1 atom stereocenters. The lowest BCUT2D eigenvalue weighted by atomic mass is 10.1. The van der Waals surface area contributed by atoms with Crippen LogP contribution in [0.3, 0.4) is 0 Å². The molecule has 1 aromatic rings. The maximum absolute atomic E-state index is 11.8. The molecule has 0 heterocycles. The molecule has 3 N–H and O–H groups in total. The number of amides is 3. The fourth-order valence-electron chi connectivity index (χ4n) is 1.34. The van der Waals surface area contributed by atoms with Gasteiger partial charge in [0.05, 0.1) is 5.25 Å². The van der Waals surface area contributed by atoms with E-state index in [0.717, 1.165) is 4.90 Å². The Morgan fingerprint density at radius 2 is 1.83 bits per heavy atom. The number of imide groups is 1. The smallest absolute Gasteiger partial charge is 0.318 e. The molecule has 98 valence electrons. The van der Waals surface area contributed by atoms with Crippen LogP contribution in [-0.4, -0.2) is 17.2 Å². The zero-order valence-electron chi connectivity index (χ0n) is 10.1. The van der Waals surface area contributed by atoms with Crippen LogP contribution in [0.5, 0.6) is 0 Å². The number of rotatable bonds is 4. The maximum atomic E-state index is 11.8. The third-order valence-electron chi connectivity index (χ3n) is 2.19. The van der Waals surface area contributed by atoms with Gasteiger partial charge in [0.15, 0.2) is 0 Å². The topological polar surface area (TPSA) is 72.2 Å². The van der Waals surface area contributed by atoms with Crippen LogP contribution in [0.15, 0.2) is 29.2 Å². The molecule has 0 aliphatic carbocycles. The van der Waals surface area contributed by atoms with E-state index in [-0.39, 0.29) is 17.1 Å². The molecule has 0 spiro atoms. The van der Waals surface area contributed by atoms with Gasteiger partial charge in [-0.05, 0) is 30.2 Å². The number of hydrogen-bond donors (Lipinski definition) is 2. The fraction of sp³-hybridized carbons (Fsp3) is 0.333. The van der Waals surface area contributed by atoms with Crippen molar-refractivity contribution in [2.24, 2.45) is 11.7 Å². The molecule has 0 aromatic heterocycles. The minimum Gasteiger partial charge on any atom is -0.351 e. The van der Waals surface area contributed by atoms with Gasteiger partial charge < -0.3 is 5.73 Å². The highest BCUT2D eigenvalue weighted by Crippen LogP contribution is 2.29. The Labute approximate surface area is 115 Å². The molecule has 0 aliphatic rings. The first-order chi connectivity index (χ1) is 8.40. The second kappa shape index (κ2) is 6.66. The molecule has 0 fully saturated rings. The van der Waals surface area contributed by atoms with Crippen molar-refractivity contribution in [3.05, 3.63) is 29.3 Å². The summed E-state index contributed by atoms with van der Waals surface area (Å²) in [7, 11) is 0. The van der Waals surface area contributed by atoms with E-state index in [4.69, 9.17) is 17.3 Å². The summed E-state index contributed by atoms with van der Waals surface area (Å²) in [6.45, 7) is 3.82. The molecule has 4 nitrogen and oxygen atoms in total. The first-order valence-corrected chi connectivity index (χ1v) is 6.68. The fourth-order valence-corrected chi connectivity index (χ4v) is 2.50. The standard InChI is InChI=1S/C12H15ClN2O2S/c1-7(2)10(11(16)15-12(14)17)18-9-5-3-8(13)4-6-9/h3-7,10H,1-2H3,(H3,14,15,16,17). The summed E-state index contributed by atoms with van der Waals surface area (Å²) in [5.74, 6) is -0.303. The van der Waals surface area contributed by atoms with Crippen molar-refractivity contribution in [1.29, 1.82) is 0 Å². The predicted molar refractivity (Wildman–Crippen MR) is 73.7 cm³/mol. The van der Waals surface area contributed by atoms with Crippen molar-refractivity contribution in [3.63, 3.8) is 0 Å². The number of nitrogens with two attached hydrogens (primary N) is 1. The Hall–Kier alpha value is -1.20. The Kier molecular flexibility index (Phi) is 5.50. The lowest BCUT2D eigenvalue weighted by molar-refractivity contribution is -0.120. The lowest BCUT2D eigenvalue weighted by Gasteiger charge is -2.18. The number of thioether (sulfide) groups is 1. The normalized spacial score (nSPS) is 12.2. The third-order valence-corrected chi connectivity index (χ3v) is 4.00. The Balaban J connectivity index is 2.77. The highest BCUT2D eigenvalue weighted by atomic mass is 35.5. The van der Waals surface area contributed by atoms with Gasteiger partial charge in [-0.15, -0.1) is 11.8 Å². The van der Waals surface area contributed by atoms with Gasteiger partial charge in [0, 0.05) is 9.92 Å². The van der Waals surface area contributed by atoms with Gasteiger partial charge in [-0.2, -0.15) is 0 Å². The van der Waals surface area contributed by atoms with Gasteiger partial charge in [0.25, 0.3) is 0 Å². The highest BCUT2D eigenvalue weighted by molar-refractivity contribution is 8.00. The van der Waals surface area contributed by atoms with Gasteiger partial charge >= 0.3 is 6.03 Å². The zero-order valence-corrected chi connectivity index (χ0v) is 11.7. The van der Waals surface area contributed by atoms with Crippen molar-refractivity contribution in [2.45, 2.75) is 24.0 Å². The van der Waals surface area contributed by atoms with Crippen LogP contribution in [0.25, 0.3) is 0 Å². The van der Waals surface area contributed by atoms with Crippen LogP contribution in [-0.2, 0) is 4.79 Å². The summed E-state index contributed by atoms with van der Waals surface area (Å²) in [5.41, 5.74) is 4.95. The minimum absolute atomic E-state index is 0.0741. The molecular formula is C12H15ClN2O2S. The van der Waals surface area contributed by atoms with E-state index in [0.29, 0.717) is 5.02 Å². The molecule has 1 aromatic carbocycles. The second-order valence-corrected chi connectivity index (χ2v) is 5.74. The largest absolute Gasteiger partial charge is 0.351 e. The van der Waals surface area contributed by atoms with Crippen molar-refractivity contribution in [3.8, 4) is 0 Å².